The van der Waals surface area contributed by atoms with E-state index >= 15 is 0 Å². The number of benzene rings is 24. The van der Waals surface area contributed by atoms with E-state index in [1.165, 1.54) is 92.1 Å². The van der Waals surface area contributed by atoms with Crippen LogP contribution in [0.3, 0.4) is 0 Å². The molecule has 142 heavy (non-hydrogen) atoms. The topological polar surface area (TPSA) is 116 Å². The standard InChI is InChI=1S/2C45H29N3.C43H27N3/c1-3-14-31(15-4-1)41-29-36(25-26-38(41)35-24-23-30-13-7-8-18-33(30)27-35)44-46-43(32-16-5-2-6-17-32)47-45(48-44)42-28-34-19-9-10-20-37(34)39-21-11-12-22-40(39)42;1-3-13-30(14-4-1)36-26-37(34-24-23-31-15-7-8-18-33(31)25-34)28-38(27-36)44-46-43(32-16-5-2-6-17-32)47-45(48-44)42-29-35-19-9-10-20-39(35)40-21-11-12-22-41(40)42;1-2-12-30(13-3-1)41-44-42(33-23-21-28-11-4-5-14-31(28)25-33)46-43(45-41)34-24-22-29-16-10-20-38(39(29)27-34)40-26-32-15-6-7-17-35(32)36-18-8-9-19-37(36)40/h2*1-29H;1-27H. The molecule has 0 aliphatic heterocycles. The van der Waals surface area contributed by atoms with Crippen molar-refractivity contribution in [3.63, 3.8) is 0 Å². The molecule has 0 unspecified atom stereocenters. The fraction of sp³-hybridized carbons (Fsp3) is 0. The van der Waals surface area contributed by atoms with Gasteiger partial charge in [0.2, 0.25) is 0 Å². The largest absolute Gasteiger partial charge is 0.208 e. The Bertz CT molecular complexity index is 9550. The monoisotopic (exact) mass is 1810 g/mol. The summed E-state index contributed by atoms with van der Waals surface area (Å²) in [7, 11) is 0. The molecule has 0 saturated carbocycles. The molecule has 27 rings (SSSR count). The first-order valence-electron chi connectivity index (χ1n) is 47.9. The Hall–Kier alpha value is -19.1. The molecule has 3 heterocycles. The van der Waals surface area contributed by atoms with Crippen LogP contribution in [0.25, 0.3) is 266 Å². The molecule has 27 aromatic rings. The van der Waals surface area contributed by atoms with Crippen molar-refractivity contribution in [1.29, 1.82) is 0 Å². The maximum Gasteiger partial charge on any atom is 0.164 e. The van der Waals surface area contributed by atoms with Crippen molar-refractivity contribution in [3.05, 3.63) is 516 Å². The fourth-order valence-corrected chi connectivity index (χ4v) is 20.0. The summed E-state index contributed by atoms with van der Waals surface area (Å²) in [6.45, 7) is 0. The van der Waals surface area contributed by atoms with Crippen LogP contribution in [-0.4, -0.2) is 44.9 Å². The molecular formula is C133H85N9. The van der Waals surface area contributed by atoms with Gasteiger partial charge in [-0.05, 0) is 230 Å². The van der Waals surface area contributed by atoms with E-state index in [-0.39, 0.29) is 0 Å². The van der Waals surface area contributed by atoms with Gasteiger partial charge in [0, 0.05) is 50.1 Å². The SMILES string of the molecule is c1ccc(-c2cc(-c3ccc4ccccc4c3)cc(-c3nc(-c4ccccc4)nc(-c4cc5ccccc5c5ccccc45)n3)c2)cc1.c1ccc(-c2nc(-c3ccc(-c4ccc5ccccc5c4)c(-c4ccccc4)c3)nc(-c3cc4ccccc4c4ccccc34)n2)cc1.c1ccc(-c2nc(-c3ccc4ccccc4c3)nc(-c3ccc4cccc(-c5cc6ccccc6c6ccccc56)c4c3)n2)cc1. The molecule has 0 bridgehead atoms. The van der Waals surface area contributed by atoms with E-state index in [0.29, 0.717) is 52.4 Å². The van der Waals surface area contributed by atoms with Crippen LogP contribution < -0.4 is 0 Å². The summed E-state index contributed by atoms with van der Waals surface area (Å²) in [5, 5.41) is 23.9. The average Bonchev–Trinajstić information content (AvgIpc) is 0.750. The molecule has 24 aromatic carbocycles. The van der Waals surface area contributed by atoms with Crippen molar-refractivity contribution >= 4 is 108 Å². The molecular weight excluding hydrogens is 1720 g/mol. The minimum atomic E-state index is 0.635. The maximum absolute atomic E-state index is 5.25. The van der Waals surface area contributed by atoms with Crippen LogP contribution in [0.2, 0.25) is 0 Å². The van der Waals surface area contributed by atoms with E-state index in [2.05, 4.69) is 449 Å². The van der Waals surface area contributed by atoms with E-state index in [9.17, 15) is 0 Å². The molecule has 0 fully saturated rings. The molecule has 9 heteroatoms. The highest BCUT2D eigenvalue weighted by Gasteiger charge is 2.24. The average molecular weight is 1810 g/mol. The van der Waals surface area contributed by atoms with Crippen LogP contribution in [0.1, 0.15) is 0 Å². The zero-order chi connectivity index (χ0) is 94.2. The van der Waals surface area contributed by atoms with Crippen LogP contribution in [0.15, 0.2) is 516 Å². The second-order valence-electron chi connectivity index (χ2n) is 35.8. The molecule has 0 radical (unpaired) electrons. The number of aromatic nitrogens is 9. The van der Waals surface area contributed by atoms with Gasteiger partial charge in [0.05, 0.1) is 0 Å². The van der Waals surface area contributed by atoms with Crippen LogP contribution in [0.4, 0.5) is 0 Å². The van der Waals surface area contributed by atoms with Gasteiger partial charge < -0.3 is 0 Å². The summed E-state index contributed by atoms with van der Waals surface area (Å²) in [4.78, 5) is 46.0. The second kappa shape index (κ2) is 37.2. The molecule has 0 N–H and O–H groups in total. The van der Waals surface area contributed by atoms with Gasteiger partial charge in [-0.2, -0.15) is 0 Å². The third kappa shape index (κ3) is 16.7. The number of rotatable bonds is 14. The Morgan fingerprint density at radius 3 is 0.803 bits per heavy atom. The van der Waals surface area contributed by atoms with E-state index in [0.717, 1.165) is 121 Å². The summed E-state index contributed by atoms with van der Waals surface area (Å²) in [6, 6.07) is 181. The van der Waals surface area contributed by atoms with Gasteiger partial charge in [0.15, 0.2) is 52.4 Å². The first-order valence-corrected chi connectivity index (χ1v) is 47.9. The number of nitrogens with zero attached hydrogens (tertiary/aromatic N) is 9. The number of hydrogen-bond acceptors (Lipinski definition) is 9. The fourth-order valence-electron chi connectivity index (χ4n) is 20.0. The molecule has 0 spiro atoms. The van der Waals surface area contributed by atoms with E-state index in [1.54, 1.807) is 0 Å². The molecule has 0 aliphatic rings. The Balaban J connectivity index is 0.000000112. The molecule has 3 aromatic heterocycles. The predicted octanol–water partition coefficient (Wildman–Crippen LogP) is 34.5. The van der Waals surface area contributed by atoms with Crippen molar-refractivity contribution in [3.8, 4) is 158 Å². The molecule has 0 saturated heterocycles. The normalized spacial score (nSPS) is 11.4. The summed E-state index contributed by atoms with van der Waals surface area (Å²) in [5.74, 6) is 5.83. The van der Waals surface area contributed by atoms with E-state index in [1.807, 2.05) is 66.7 Å². The third-order valence-electron chi connectivity index (χ3n) is 27.0. The van der Waals surface area contributed by atoms with Crippen LogP contribution in [0, 0.1) is 0 Å². The Morgan fingerprint density at radius 2 is 0.359 bits per heavy atom. The van der Waals surface area contributed by atoms with Crippen LogP contribution in [0.5, 0.6) is 0 Å². The van der Waals surface area contributed by atoms with Crippen molar-refractivity contribution in [2.45, 2.75) is 0 Å². The van der Waals surface area contributed by atoms with Gasteiger partial charge in [-0.3, -0.25) is 0 Å². The predicted molar refractivity (Wildman–Crippen MR) is 591 cm³/mol. The van der Waals surface area contributed by atoms with Crippen molar-refractivity contribution in [2.24, 2.45) is 0 Å². The lowest BCUT2D eigenvalue weighted by Crippen LogP contribution is -2.01. The van der Waals surface area contributed by atoms with Gasteiger partial charge in [-0.25, -0.2) is 44.9 Å². The molecule has 662 valence electrons. The Morgan fingerprint density at radius 1 is 0.0845 bits per heavy atom. The first-order chi connectivity index (χ1) is 70.3. The molecule has 0 aliphatic carbocycles. The molecule has 9 nitrogen and oxygen atoms in total. The highest BCUT2D eigenvalue weighted by atomic mass is 15.1. The molecule has 0 atom stereocenters. The number of hydrogen-bond donors (Lipinski definition) is 0. The minimum absolute atomic E-state index is 0.635. The summed E-state index contributed by atoms with van der Waals surface area (Å²) >= 11 is 0. The van der Waals surface area contributed by atoms with Crippen molar-refractivity contribution < 1.29 is 0 Å². The maximum atomic E-state index is 5.25. The highest BCUT2D eigenvalue weighted by Crippen LogP contribution is 2.45. The summed E-state index contributed by atoms with van der Waals surface area (Å²) < 4.78 is 0. The highest BCUT2D eigenvalue weighted by molar-refractivity contribution is 6.18. The lowest BCUT2D eigenvalue weighted by molar-refractivity contribution is 1.07. The van der Waals surface area contributed by atoms with Gasteiger partial charge >= 0.3 is 0 Å². The van der Waals surface area contributed by atoms with E-state index in [4.69, 9.17) is 44.9 Å². The Kier molecular flexibility index (Phi) is 22.2. The van der Waals surface area contributed by atoms with Crippen molar-refractivity contribution in [2.75, 3.05) is 0 Å². The van der Waals surface area contributed by atoms with Gasteiger partial charge in [0.25, 0.3) is 0 Å². The number of fused-ring (bicyclic) bond motifs is 13. The van der Waals surface area contributed by atoms with Crippen molar-refractivity contribution in [1.82, 2.24) is 44.9 Å². The van der Waals surface area contributed by atoms with Gasteiger partial charge in [-0.1, -0.05) is 449 Å². The quantitative estimate of drug-likeness (QED) is 0.0981. The minimum Gasteiger partial charge on any atom is -0.208 e. The van der Waals surface area contributed by atoms with Gasteiger partial charge in [-0.15, -0.1) is 0 Å². The Labute approximate surface area is 820 Å². The lowest BCUT2D eigenvalue weighted by Gasteiger charge is -2.15. The van der Waals surface area contributed by atoms with Crippen LogP contribution >= 0.6 is 0 Å². The summed E-state index contributed by atoms with van der Waals surface area (Å²) in [6.07, 6.45) is 0. The third-order valence-corrected chi connectivity index (χ3v) is 27.0. The molecule has 0 amide bonds. The van der Waals surface area contributed by atoms with E-state index < -0.39 is 0 Å². The summed E-state index contributed by atoms with van der Waals surface area (Å²) in [5.41, 5.74) is 20.1. The van der Waals surface area contributed by atoms with Gasteiger partial charge in [0.1, 0.15) is 0 Å². The first kappa shape index (κ1) is 84.6. The smallest absolute Gasteiger partial charge is 0.164 e. The zero-order valence-corrected chi connectivity index (χ0v) is 77.1. The zero-order valence-electron chi connectivity index (χ0n) is 77.1. The van der Waals surface area contributed by atoms with Crippen LogP contribution in [-0.2, 0) is 0 Å². The second-order valence-corrected chi connectivity index (χ2v) is 35.8. The lowest BCUT2D eigenvalue weighted by atomic mass is 9.90.